The maximum absolute atomic E-state index is 6.89. The van der Waals surface area contributed by atoms with E-state index >= 15 is 0 Å². The molecule has 0 N–H and O–H groups in total. The van der Waals surface area contributed by atoms with E-state index in [1.54, 1.807) is 0 Å². The van der Waals surface area contributed by atoms with Crippen molar-refractivity contribution in [2.24, 2.45) is 0 Å². The molecule has 0 aliphatic rings. The number of rotatable bonds is 4. The first-order chi connectivity index (χ1) is 26.3. The smallest absolute Gasteiger partial charge is 0.143 e. The molecular formula is C52H32O. The molecule has 0 fully saturated rings. The molecule has 11 aromatic rings. The highest BCUT2D eigenvalue weighted by Gasteiger charge is 2.21. The molecule has 0 unspecified atom stereocenters. The first-order valence-electron chi connectivity index (χ1n) is 18.3. The molecule has 0 aliphatic heterocycles. The van der Waals surface area contributed by atoms with Crippen molar-refractivity contribution in [2.45, 2.75) is 0 Å². The van der Waals surface area contributed by atoms with Crippen LogP contribution in [-0.2, 0) is 0 Å². The molecule has 1 nitrogen and oxygen atoms in total. The van der Waals surface area contributed by atoms with Gasteiger partial charge in [0.25, 0.3) is 0 Å². The Kier molecular flexibility index (Phi) is 6.62. The van der Waals surface area contributed by atoms with E-state index in [4.69, 9.17) is 4.42 Å². The van der Waals surface area contributed by atoms with Gasteiger partial charge in [0.1, 0.15) is 11.2 Å². The summed E-state index contributed by atoms with van der Waals surface area (Å²) in [6.07, 6.45) is 0. The number of benzene rings is 10. The van der Waals surface area contributed by atoms with Crippen LogP contribution >= 0.6 is 0 Å². The summed E-state index contributed by atoms with van der Waals surface area (Å²) in [5.41, 5.74) is 11.5. The molecule has 0 saturated heterocycles. The topological polar surface area (TPSA) is 13.1 Å². The number of hydrogen-bond donors (Lipinski definition) is 0. The van der Waals surface area contributed by atoms with Gasteiger partial charge in [0.15, 0.2) is 0 Å². The third kappa shape index (κ3) is 4.58. The highest BCUT2D eigenvalue weighted by atomic mass is 16.3. The molecule has 0 radical (unpaired) electrons. The van der Waals surface area contributed by atoms with Crippen LogP contribution in [0.5, 0.6) is 0 Å². The summed E-state index contributed by atoms with van der Waals surface area (Å²) in [7, 11) is 0. The molecule has 1 heterocycles. The van der Waals surface area contributed by atoms with Crippen LogP contribution in [0.4, 0.5) is 0 Å². The Balaban J connectivity index is 1.21. The van der Waals surface area contributed by atoms with Crippen LogP contribution in [0.3, 0.4) is 0 Å². The lowest BCUT2D eigenvalue weighted by Gasteiger charge is -2.19. The fourth-order valence-electron chi connectivity index (χ4n) is 8.74. The molecule has 0 spiro atoms. The average molecular weight is 673 g/mol. The first kappa shape index (κ1) is 29.7. The molecule has 0 atom stereocenters. The predicted molar refractivity (Wildman–Crippen MR) is 225 cm³/mol. The summed E-state index contributed by atoms with van der Waals surface area (Å²) in [4.78, 5) is 0. The molecule has 10 aromatic carbocycles. The van der Waals surface area contributed by atoms with E-state index in [0.29, 0.717) is 0 Å². The minimum atomic E-state index is 0.892. The Morgan fingerprint density at radius 3 is 1.57 bits per heavy atom. The van der Waals surface area contributed by atoms with Crippen molar-refractivity contribution in [2.75, 3.05) is 0 Å². The van der Waals surface area contributed by atoms with Crippen LogP contribution in [0.2, 0.25) is 0 Å². The van der Waals surface area contributed by atoms with Gasteiger partial charge < -0.3 is 4.42 Å². The molecular weight excluding hydrogens is 641 g/mol. The SMILES string of the molecule is c1ccc(-c2ccccc2-c2c3ccccc3c(-c3ccc4oc5c(-c6cccc7ccccc67)cc6ccccc6c5c4c3)c3ccccc23)cc1. The van der Waals surface area contributed by atoms with Crippen molar-refractivity contribution in [3.05, 3.63) is 194 Å². The van der Waals surface area contributed by atoms with Gasteiger partial charge in [-0.1, -0.05) is 176 Å². The van der Waals surface area contributed by atoms with Crippen molar-refractivity contribution in [1.82, 2.24) is 0 Å². The largest absolute Gasteiger partial charge is 0.455 e. The maximum atomic E-state index is 6.89. The van der Waals surface area contributed by atoms with Crippen LogP contribution < -0.4 is 0 Å². The second kappa shape index (κ2) is 11.8. The van der Waals surface area contributed by atoms with E-state index in [1.165, 1.54) is 82.0 Å². The zero-order valence-electron chi connectivity index (χ0n) is 28.9. The van der Waals surface area contributed by atoms with Gasteiger partial charge in [-0.2, -0.15) is 0 Å². The van der Waals surface area contributed by atoms with E-state index in [2.05, 4.69) is 194 Å². The minimum Gasteiger partial charge on any atom is -0.455 e. The Labute approximate surface area is 307 Å². The second-order valence-corrected chi connectivity index (χ2v) is 13.9. The first-order valence-corrected chi connectivity index (χ1v) is 18.3. The van der Waals surface area contributed by atoms with Crippen molar-refractivity contribution in [1.29, 1.82) is 0 Å². The third-order valence-electron chi connectivity index (χ3n) is 11.0. The molecule has 0 bridgehead atoms. The lowest BCUT2D eigenvalue weighted by Crippen LogP contribution is -1.92. The van der Waals surface area contributed by atoms with E-state index in [-0.39, 0.29) is 0 Å². The van der Waals surface area contributed by atoms with E-state index in [9.17, 15) is 0 Å². The van der Waals surface area contributed by atoms with Crippen LogP contribution in [0, 0.1) is 0 Å². The monoisotopic (exact) mass is 672 g/mol. The fourth-order valence-corrected chi connectivity index (χ4v) is 8.74. The summed E-state index contributed by atoms with van der Waals surface area (Å²) < 4.78 is 6.89. The summed E-state index contributed by atoms with van der Waals surface area (Å²) in [6.45, 7) is 0. The fraction of sp³-hybridized carbons (Fsp3) is 0. The Hall–Kier alpha value is -6.96. The van der Waals surface area contributed by atoms with Crippen molar-refractivity contribution >= 4 is 65.0 Å². The molecule has 1 aromatic heterocycles. The Morgan fingerprint density at radius 2 is 0.830 bits per heavy atom. The van der Waals surface area contributed by atoms with Gasteiger partial charge in [0, 0.05) is 16.3 Å². The van der Waals surface area contributed by atoms with Gasteiger partial charge in [0.2, 0.25) is 0 Å². The standard InChI is InChI=1S/C52H32O/c1-2-15-33(16-3-1)38-21-8-9-23-41(38)50-44-26-12-10-24-42(44)49(43-25-11-13-27-45(43)50)36-29-30-48-47(32-36)51-39-22-7-5-18-35(39)31-46(52(51)53-48)40-28-14-19-34-17-4-6-20-37(34)40/h1-32H. The zero-order valence-corrected chi connectivity index (χ0v) is 28.9. The number of hydrogen-bond acceptors (Lipinski definition) is 1. The molecule has 0 amide bonds. The molecule has 0 aliphatic carbocycles. The lowest BCUT2D eigenvalue weighted by atomic mass is 9.83. The van der Waals surface area contributed by atoms with Crippen molar-refractivity contribution in [3.63, 3.8) is 0 Å². The van der Waals surface area contributed by atoms with E-state index < -0.39 is 0 Å². The molecule has 53 heavy (non-hydrogen) atoms. The summed E-state index contributed by atoms with van der Waals surface area (Å²) in [5, 5.41) is 12.1. The molecule has 0 saturated carbocycles. The highest BCUT2D eigenvalue weighted by molar-refractivity contribution is 6.26. The van der Waals surface area contributed by atoms with Crippen molar-refractivity contribution < 1.29 is 4.42 Å². The zero-order chi connectivity index (χ0) is 34.9. The van der Waals surface area contributed by atoms with Crippen LogP contribution in [0.15, 0.2) is 199 Å². The second-order valence-electron chi connectivity index (χ2n) is 13.9. The normalized spacial score (nSPS) is 11.8. The lowest BCUT2D eigenvalue weighted by molar-refractivity contribution is 0.670. The average Bonchev–Trinajstić information content (AvgIpc) is 3.62. The summed E-state index contributed by atoms with van der Waals surface area (Å²) >= 11 is 0. The van der Waals surface area contributed by atoms with Gasteiger partial charge in [0.05, 0.1) is 0 Å². The Bertz CT molecular complexity index is 3160. The van der Waals surface area contributed by atoms with E-state index in [1.807, 2.05) is 0 Å². The van der Waals surface area contributed by atoms with Gasteiger partial charge >= 0.3 is 0 Å². The Morgan fingerprint density at radius 1 is 0.283 bits per heavy atom. The van der Waals surface area contributed by atoms with Gasteiger partial charge in [-0.05, 0) is 100 Å². The van der Waals surface area contributed by atoms with Crippen molar-refractivity contribution in [3.8, 4) is 44.5 Å². The predicted octanol–water partition coefficient (Wildman–Crippen LogP) is 14.9. The van der Waals surface area contributed by atoms with Crippen LogP contribution in [-0.4, -0.2) is 0 Å². The van der Waals surface area contributed by atoms with Crippen LogP contribution in [0.25, 0.3) is 110 Å². The summed E-state index contributed by atoms with van der Waals surface area (Å²) in [5.74, 6) is 0. The maximum Gasteiger partial charge on any atom is 0.143 e. The molecule has 1 heteroatoms. The van der Waals surface area contributed by atoms with Gasteiger partial charge in [-0.25, -0.2) is 0 Å². The van der Waals surface area contributed by atoms with Crippen LogP contribution in [0.1, 0.15) is 0 Å². The van der Waals surface area contributed by atoms with Gasteiger partial charge in [-0.15, -0.1) is 0 Å². The molecule has 11 rings (SSSR count). The summed E-state index contributed by atoms with van der Waals surface area (Å²) in [6, 6.07) is 70.4. The number of furan rings is 1. The highest BCUT2D eigenvalue weighted by Crippen LogP contribution is 2.48. The quantitative estimate of drug-likeness (QED) is 0.170. The van der Waals surface area contributed by atoms with Gasteiger partial charge in [-0.3, -0.25) is 0 Å². The van der Waals surface area contributed by atoms with E-state index in [0.717, 1.165) is 27.5 Å². The minimum absolute atomic E-state index is 0.892. The molecule has 246 valence electrons. The third-order valence-corrected chi connectivity index (χ3v) is 11.0. The number of fused-ring (bicyclic) bond motifs is 8.